The zero-order chi connectivity index (χ0) is 27.5. The number of carboxylic acids is 1. The highest BCUT2D eigenvalue weighted by Crippen LogP contribution is 2.15. The SMILES string of the molecule is CNC(=O)CNC(=O)c1cccc(-c2nnn(CC(=O)C(CC(=O)O)NC(=O)OCc3ccccc3)n2)c1. The summed E-state index contributed by atoms with van der Waals surface area (Å²) in [5.41, 5.74) is 1.38. The van der Waals surface area contributed by atoms with E-state index in [2.05, 4.69) is 31.4 Å². The Bertz CT molecular complexity index is 1310. The fraction of sp³-hybridized carbons (Fsp3) is 0.250. The molecule has 4 N–H and O–H groups in total. The minimum Gasteiger partial charge on any atom is -0.481 e. The second-order valence-electron chi connectivity index (χ2n) is 7.90. The summed E-state index contributed by atoms with van der Waals surface area (Å²) in [4.78, 5) is 60.7. The second kappa shape index (κ2) is 13.2. The molecule has 38 heavy (non-hydrogen) atoms. The summed E-state index contributed by atoms with van der Waals surface area (Å²) in [6, 6.07) is 13.7. The van der Waals surface area contributed by atoms with Crippen molar-refractivity contribution in [2.24, 2.45) is 0 Å². The maximum absolute atomic E-state index is 12.8. The third-order valence-electron chi connectivity index (χ3n) is 5.09. The van der Waals surface area contributed by atoms with Crippen molar-refractivity contribution < 1.29 is 33.8 Å². The molecule has 0 aliphatic rings. The number of rotatable bonds is 12. The summed E-state index contributed by atoms with van der Waals surface area (Å²) in [6.07, 6.45) is -1.62. The molecule has 1 aromatic heterocycles. The van der Waals surface area contributed by atoms with Crippen LogP contribution in [-0.2, 0) is 32.3 Å². The lowest BCUT2D eigenvalue weighted by Crippen LogP contribution is -2.44. The van der Waals surface area contributed by atoms with Gasteiger partial charge in [-0.05, 0) is 22.9 Å². The average Bonchev–Trinajstić information content (AvgIpc) is 3.38. The molecule has 1 atom stereocenters. The Morgan fingerprint density at radius 1 is 1.05 bits per heavy atom. The van der Waals surface area contributed by atoms with E-state index in [-0.39, 0.29) is 30.4 Å². The van der Waals surface area contributed by atoms with Gasteiger partial charge in [-0.2, -0.15) is 4.80 Å². The molecule has 3 amide bonds. The molecule has 1 unspecified atom stereocenters. The summed E-state index contributed by atoms with van der Waals surface area (Å²) in [6.45, 7) is -0.727. The van der Waals surface area contributed by atoms with E-state index < -0.39 is 42.8 Å². The summed E-state index contributed by atoms with van der Waals surface area (Å²) in [5.74, 6) is -2.73. The van der Waals surface area contributed by atoms with Crippen LogP contribution in [-0.4, -0.2) is 74.6 Å². The van der Waals surface area contributed by atoms with Crippen molar-refractivity contribution in [3.05, 3.63) is 65.7 Å². The van der Waals surface area contributed by atoms with Gasteiger partial charge in [-0.1, -0.05) is 42.5 Å². The molecular formula is C24H25N7O7. The highest BCUT2D eigenvalue weighted by molar-refractivity contribution is 5.97. The van der Waals surface area contributed by atoms with Gasteiger partial charge in [0, 0.05) is 18.2 Å². The van der Waals surface area contributed by atoms with Crippen LogP contribution in [0, 0.1) is 0 Å². The molecule has 14 nitrogen and oxygen atoms in total. The Morgan fingerprint density at radius 2 is 1.82 bits per heavy atom. The largest absolute Gasteiger partial charge is 0.481 e. The maximum atomic E-state index is 12.8. The minimum atomic E-state index is -1.39. The molecule has 3 aromatic rings. The van der Waals surface area contributed by atoms with Crippen LogP contribution < -0.4 is 16.0 Å². The molecular weight excluding hydrogens is 498 g/mol. The predicted molar refractivity (Wildman–Crippen MR) is 130 cm³/mol. The predicted octanol–water partition coefficient (Wildman–Crippen LogP) is 0.155. The highest BCUT2D eigenvalue weighted by atomic mass is 16.5. The van der Waals surface area contributed by atoms with Crippen molar-refractivity contribution in [3.8, 4) is 11.4 Å². The van der Waals surface area contributed by atoms with Crippen LogP contribution in [0.2, 0.25) is 0 Å². The van der Waals surface area contributed by atoms with Gasteiger partial charge in [0.1, 0.15) is 19.2 Å². The summed E-state index contributed by atoms with van der Waals surface area (Å²) >= 11 is 0. The minimum absolute atomic E-state index is 0.0580. The first-order valence-electron chi connectivity index (χ1n) is 11.3. The number of alkyl carbamates (subject to hydrolysis) is 1. The van der Waals surface area contributed by atoms with Crippen LogP contribution in [0.3, 0.4) is 0 Å². The molecule has 0 radical (unpaired) electrons. The van der Waals surface area contributed by atoms with Gasteiger partial charge in [0.25, 0.3) is 5.91 Å². The van der Waals surface area contributed by atoms with E-state index in [9.17, 15) is 29.1 Å². The van der Waals surface area contributed by atoms with Gasteiger partial charge in [0.05, 0.1) is 13.0 Å². The fourth-order valence-electron chi connectivity index (χ4n) is 3.15. The molecule has 0 spiro atoms. The number of ether oxygens (including phenoxy) is 1. The molecule has 1 heterocycles. The van der Waals surface area contributed by atoms with E-state index in [1.54, 1.807) is 42.5 Å². The van der Waals surface area contributed by atoms with Gasteiger partial charge < -0.3 is 25.8 Å². The lowest BCUT2D eigenvalue weighted by molar-refractivity contribution is -0.139. The molecule has 0 bridgehead atoms. The molecule has 198 valence electrons. The molecule has 0 saturated heterocycles. The lowest BCUT2D eigenvalue weighted by atomic mass is 10.1. The average molecular weight is 524 g/mol. The van der Waals surface area contributed by atoms with Gasteiger partial charge in [-0.3, -0.25) is 19.2 Å². The quantitative estimate of drug-likeness (QED) is 0.254. The van der Waals surface area contributed by atoms with Crippen molar-refractivity contribution in [3.63, 3.8) is 0 Å². The molecule has 3 rings (SSSR count). The zero-order valence-corrected chi connectivity index (χ0v) is 20.3. The fourth-order valence-corrected chi connectivity index (χ4v) is 3.15. The number of carboxylic acid groups (broad SMARTS) is 1. The van der Waals surface area contributed by atoms with Crippen LogP contribution in [0.15, 0.2) is 54.6 Å². The van der Waals surface area contributed by atoms with E-state index in [0.717, 1.165) is 10.4 Å². The number of aromatic nitrogens is 4. The molecule has 0 aliphatic heterocycles. The first-order valence-corrected chi connectivity index (χ1v) is 11.3. The van der Waals surface area contributed by atoms with Crippen LogP contribution in [0.1, 0.15) is 22.3 Å². The Labute approximate surface area is 216 Å². The number of hydrogen-bond donors (Lipinski definition) is 4. The number of aliphatic carboxylic acids is 1. The van der Waals surface area contributed by atoms with Crippen LogP contribution >= 0.6 is 0 Å². The Balaban J connectivity index is 1.62. The van der Waals surface area contributed by atoms with E-state index in [1.807, 2.05) is 0 Å². The van der Waals surface area contributed by atoms with Crippen LogP contribution in [0.25, 0.3) is 11.4 Å². The summed E-state index contributed by atoms with van der Waals surface area (Å²) < 4.78 is 5.07. The number of carbonyl (C=O) groups excluding carboxylic acids is 4. The number of tetrazole rings is 1. The van der Waals surface area contributed by atoms with E-state index in [1.165, 1.54) is 19.2 Å². The van der Waals surface area contributed by atoms with Gasteiger partial charge in [0.15, 0.2) is 5.78 Å². The highest BCUT2D eigenvalue weighted by Gasteiger charge is 2.25. The van der Waals surface area contributed by atoms with Crippen molar-refractivity contribution in [1.82, 2.24) is 36.2 Å². The van der Waals surface area contributed by atoms with E-state index >= 15 is 0 Å². The molecule has 0 fully saturated rings. The smallest absolute Gasteiger partial charge is 0.408 e. The number of likely N-dealkylation sites (N-methyl/N-ethyl adjacent to an activating group) is 1. The molecule has 2 aromatic carbocycles. The molecule has 0 saturated carbocycles. The van der Waals surface area contributed by atoms with Crippen molar-refractivity contribution >= 4 is 29.7 Å². The molecule has 14 heteroatoms. The van der Waals surface area contributed by atoms with E-state index in [0.29, 0.717) is 5.56 Å². The van der Waals surface area contributed by atoms with Gasteiger partial charge >= 0.3 is 12.1 Å². The number of Topliss-reactive ketones (excluding diaryl/α,β-unsaturated/α-hetero) is 1. The first-order chi connectivity index (χ1) is 18.2. The van der Waals surface area contributed by atoms with Crippen molar-refractivity contribution in [2.75, 3.05) is 13.6 Å². The van der Waals surface area contributed by atoms with Gasteiger partial charge in [-0.15, -0.1) is 10.2 Å². The van der Waals surface area contributed by atoms with Crippen LogP contribution in [0.4, 0.5) is 4.79 Å². The zero-order valence-electron chi connectivity index (χ0n) is 20.3. The van der Waals surface area contributed by atoms with Crippen molar-refractivity contribution in [2.45, 2.75) is 25.6 Å². The number of ketones is 1. The first kappa shape index (κ1) is 27.4. The maximum Gasteiger partial charge on any atom is 0.408 e. The number of benzene rings is 2. The number of hydrogen-bond acceptors (Lipinski definition) is 9. The lowest BCUT2D eigenvalue weighted by Gasteiger charge is -2.15. The number of carbonyl (C=O) groups is 5. The topological polar surface area (TPSA) is 194 Å². The normalized spacial score (nSPS) is 11.2. The Hall–Kier alpha value is -5.14. The Kier molecular flexibility index (Phi) is 9.57. The van der Waals surface area contributed by atoms with Gasteiger partial charge in [-0.25, -0.2) is 4.79 Å². The standard InChI is InChI=1S/C24H25N7O7/c1-25-20(33)12-26-23(36)17-9-5-8-16(10-17)22-28-30-31(29-22)13-19(32)18(11-21(34)35)27-24(37)38-14-15-6-3-2-4-7-15/h2-10,18H,11-14H2,1H3,(H,25,33)(H,26,36)(H,27,37)(H,34,35). The molecule has 0 aliphatic carbocycles. The third kappa shape index (κ3) is 8.22. The number of nitrogens with zero attached hydrogens (tertiary/aromatic N) is 4. The third-order valence-corrected chi connectivity index (χ3v) is 5.09. The van der Waals surface area contributed by atoms with Crippen LogP contribution in [0.5, 0.6) is 0 Å². The number of amides is 3. The summed E-state index contributed by atoms with van der Waals surface area (Å²) in [5, 5.41) is 28.1. The van der Waals surface area contributed by atoms with Gasteiger partial charge in [0.2, 0.25) is 11.7 Å². The Morgan fingerprint density at radius 3 is 2.53 bits per heavy atom. The monoisotopic (exact) mass is 523 g/mol. The second-order valence-corrected chi connectivity index (χ2v) is 7.90. The summed E-state index contributed by atoms with van der Waals surface area (Å²) in [7, 11) is 1.45. The van der Waals surface area contributed by atoms with Crippen molar-refractivity contribution in [1.29, 1.82) is 0 Å². The van der Waals surface area contributed by atoms with E-state index in [4.69, 9.17) is 4.74 Å². The number of nitrogens with one attached hydrogen (secondary N) is 3.